The maximum Gasteiger partial charge on any atom is 0.245 e. The highest BCUT2D eigenvalue weighted by molar-refractivity contribution is 7.89. The van der Waals surface area contributed by atoms with E-state index in [0.29, 0.717) is 24.7 Å². The molecule has 0 spiro atoms. The van der Waals surface area contributed by atoms with Gasteiger partial charge in [-0.2, -0.15) is 4.31 Å². The van der Waals surface area contributed by atoms with E-state index in [1.165, 1.54) is 0 Å². The van der Waals surface area contributed by atoms with E-state index in [9.17, 15) is 8.42 Å². The average molecular weight is 297 g/mol. The fourth-order valence-electron chi connectivity index (χ4n) is 2.60. The highest BCUT2D eigenvalue weighted by atomic mass is 32.2. The molecule has 3 N–H and O–H groups in total. The normalized spacial score (nSPS) is 21.1. The van der Waals surface area contributed by atoms with Crippen LogP contribution in [0.2, 0.25) is 0 Å². The minimum atomic E-state index is -3.48. The number of hydrogen-bond donors (Lipinski definition) is 2. The number of nitrogens with one attached hydrogen (secondary N) is 1. The summed E-state index contributed by atoms with van der Waals surface area (Å²) in [7, 11) is -3.48. The van der Waals surface area contributed by atoms with Gasteiger partial charge in [0, 0.05) is 13.1 Å². The Labute approximate surface area is 121 Å². The maximum atomic E-state index is 12.7. The lowest BCUT2D eigenvalue weighted by atomic mass is 9.80. The van der Waals surface area contributed by atoms with Crippen molar-refractivity contribution in [3.63, 3.8) is 0 Å². The molecular weight excluding hydrogens is 274 g/mol. The second-order valence-electron chi connectivity index (χ2n) is 6.36. The second kappa shape index (κ2) is 5.35. The first-order chi connectivity index (χ1) is 9.26. The molecule has 0 radical (unpaired) electrons. The Bertz CT molecular complexity index is 578. The van der Waals surface area contributed by atoms with Crippen LogP contribution in [0.5, 0.6) is 0 Å². The molecule has 0 saturated carbocycles. The van der Waals surface area contributed by atoms with E-state index in [4.69, 9.17) is 5.84 Å². The van der Waals surface area contributed by atoms with Gasteiger partial charge in [-0.1, -0.05) is 32.9 Å². The predicted molar refractivity (Wildman–Crippen MR) is 80.6 cm³/mol. The van der Waals surface area contributed by atoms with Crippen LogP contribution in [-0.2, 0) is 10.0 Å². The minimum absolute atomic E-state index is 0.121. The molecule has 1 fully saturated rings. The van der Waals surface area contributed by atoms with Crippen LogP contribution in [0.4, 0.5) is 5.69 Å². The largest absolute Gasteiger partial charge is 0.323 e. The van der Waals surface area contributed by atoms with Gasteiger partial charge in [-0.05, 0) is 29.9 Å². The van der Waals surface area contributed by atoms with Gasteiger partial charge in [0.15, 0.2) is 0 Å². The Hall–Kier alpha value is -1.11. The van der Waals surface area contributed by atoms with Gasteiger partial charge in [0.05, 0.1) is 5.69 Å². The van der Waals surface area contributed by atoms with E-state index in [1.807, 2.05) is 0 Å². The lowest BCUT2D eigenvalue weighted by molar-refractivity contribution is 0.252. The van der Waals surface area contributed by atoms with Gasteiger partial charge in [0.25, 0.3) is 0 Å². The summed E-state index contributed by atoms with van der Waals surface area (Å²) in [5.74, 6) is 5.79. The summed E-state index contributed by atoms with van der Waals surface area (Å²) in [4.78, 5) is 0.247. The van der Waals surface area contributed by atoms with Gasteiger partial charge in [-0.3, -0.25) is 5.84 Å². The molecule has 5 nitrogen and oxygen atoms in total. The van der Waals surface area contributed by atoms with Crippen molar-refractivity contribution < 1.29 is 8.42 Å². The monoisotopic (exact) mass is 297 g/mol. The summed E-state index contributed by atoms with van der Waals surface area (Å²) >= 11 is 0. The van der Waals surface area contributed by atoms with E-state index in [-0.39, 0.29) is 10.3 Å². The van der Waals surface area contributed by atoms with E-state index in [1.54, 1.807) is 28.6 Å². The Kier molecular flexibility index (Phi) is 4.09. The zero-order chi connectivity index (χ0) is 15.0. The second-order valence-corrected chi connectivity index (χ2v) is 8.26. The Morgan fingerprint density at radius 3 is 2.50 bits per heavy atom. The topological polar surface area (TPSA) is 75.4 Å². The van der Waals surface area contributed by atoms with Gasteiger partial charge in [0.2, 0.25) is 10.0 Å². The Balaban J connectivity index is 2.29. The summed E-state index contributed by atoms with van der Waals surface area (Å²) in [6, 6.07) is 6.74. The van der Waals surface area contributed by atoms with Gasteiger partial charge in [-0.25, -0.2) is 8.42 Å². The van der Waals surface area contributed by atoms with Crippen molar-refractivity contribution in [1.82, 2.24) is 4.31 Å². The summed E-state index contributed by atoms with van der Waals surface area (Å²) in [6.07, 6.45) is 0.904. The van der Waals surface area contributed by atoms with Crippen LogP contribution in [0, 0.1) is 11.3 Å². The van der Waals surface area contributed by atoms with Crippen LogP contribution in [0.3, 0.4) is 0 Å². The van der Waals surface area contributed by atoms with Crippen molar-refractivity contribution >= 4 is 15.7 Å². The van der Waals surface area contributed by atoms with Crippen molar-refractivity contribution in [1.29, 1.82) is 0 Å². The third-order valence-corrected chi connectivity index (χ3v) is 5.96. The van der Waals surface area contributed by atoms with Crippen molar-refractivity contribution in [2.45, 2.75) is 32.1 Å². The van der Waals surface area contributed by atoms with Crippen LogP contribution in [0.1, 0.15) is 27.2 Å². The van der Waals surface area contributed by atoms with Gasteiger partial charge in [0.1, 0.15) is 4.90 Å². The fourth-order valence-corrected chi connectivity index (χ4v) is 4.26. The van der Waals surface area contributed by atoms with Crippen molar-refractivity contribution in [3.05, 3.63) is 24.3 Å². The standard InChI is InChI=1S/C14H23N3O2S/c1-14(2,3)11-8-9-17(10-11)20(18,19)13-7-5-4-6-12(13)16-15/h4-7,11,16H,8-10,15H2,1-3H3. The third-order valence-electron chi connectivity index (χ3n) is 4.04. The molecule has 1 aliphatic heterocycles. The number of anilines is 1. The molecule has 0 amide bonds. The molecule has 0 bridgehead atoms. The summed E-state index contributed by atoms with van der Waals surface area (Å²) in [6.45, 7) is 7.61. The molecule has 1 saturated heterocycles. The van der Waals surface area contributed by atoms with Crippen LogP contribution in [0.15, 0.2) is 29.2 Å². The number of hydrogen-bond acceptors (Lipinski definition) is 4. The summed E-state index contributed by atoms with van der Waals surface area (Å²) < 4.78 is 27.0. The molecule has 6 heteroatoms. The number of nitrogens with two attached hydrogens (primary N) is 1. The minimum Gasteiger partial charge on any atom is -0.323 e. The molecule has 20 heavy (non-hydrogen) atoms. The smallest absolute Gasteiger partial charge is 0.245 e. The summed E-state index contributed by atoms with van der Waals surface area (Å²) in [5, 5.41) is 0. The Morgan fingerprint density at radius 2 is 1.95 bits per heavy atom. The highest BCUT2D eigenvalue weighted by Crippen LogP contribution is 2.36. The van der Waals surface area contributed by atoms with E-state index < -0.39 is 10.0 Å². The molecule has 2 rings (SSSR count). The fraction of sp³-hybridized carbons (Fsp3) is 0.571. The van der Waals surface area contributed by atoms with Gasteiger partial charge in [-0.15, -0.1) is 0 Å². The zero-order valence-electron chi connectivity index (χ0n) is 12.3. The lowest BCUT2D eigenvalue weighted by Gasteiger charge is -2.27. The number of sulfonamides is 1. The van der Waals surface area contributed by atoms with Crippen LogP contribution in [-0.4, -0.2) is 25.8 Å². The van der Waals surface area contributed by atoms with Crippen molar-refractivity contribution in [2.24, 2.45) is 17.2 Å². The first-order valence-electron chi connectivity index (χ1n) is 6.82. The predicted octanol–water partition coefficient (Wildman–Crippen LogP) is 2.03. The van der Waals surface area contributed by atoms with Gasteiger partial charge >= 0.3 is 0 Å². The highest BCUT2D eigenvalue weighted by Gasteiger charge is 2.38. The number of hydrazine groups is 1. The van der Waals surface area contributed by atoms with Crippen LogP contribution in [0.25, 0.3) is 0 Å². The first kappa shape index (κ1) is 15.3. The molecule has 1 aromatic rings. The molecule has 0 aromatic heterocycles. The molecule has 1 aliphatic rings. The molecule has 1 atom stereocenters. The van der Waals surface area contributed by atoms with Crippen molar-refractivity contribution in [3.8, 4) is 0 Å². The SMILES string of the molecule is CC(C)(C)C1CCN(S(=O)(=O)c2ccccc2NN)C1. The molecule has 1 unspecified atom stereocenters. The number of nitrogens with zero attached hydrogens (tertiary/aromatic N) is 1. The number of para-hydroxylation sites is 1. The number of nitrogen functional groups attached to an aromatic ring is 1. The maximum absolute atomic E-state index is 12.7. The molecule has 112 valence electrons. The first-order valence-corrected chi connectivity index (χ1v) is 8.26. The zero-order valence-corrected chi connectivity index (χ0v) is 13.1. The van der Waals surface area contributed by atoms with E-state index >= 15 is 0 Å². The molecule has 0 aliphatic carbocycles. The van der Waals surface area contributed by atoms with Gasteiger partial charge < -0.3 is 5.43 Å². The quantitative estimate of drug-likeness (QED) is 0.661. The third kappa shape index (κ3) is 2.82. The van der Waals surface area contributed by atoms with E-state index in [0.717, 1.165) is 6.42 Å². The van der Waals surface area contributed by atoms with Crippen LogP contribution >= 0.6 is 0 Å². The average Bonchev–Trinajstić information content (AvgIpc) is 2.88. The number of rotatable bonds is 3. The number of benzene rings is 1. The van der Waals surface area contributed by atoms with E-state index in [2.05, 4.69) is 26.2 Å². The van der Waals surface area contributed by atoms with Crippen LogP contribution < -0.4 is 11.3 Å². The Morgan fingerprint density at radius 1 is 1.30 bits per heavy atom. The summed E-state index contributed by atoms with van der Waals surface area (Å²) in [5.41, 5.74) is 3.02. The molecule has 1 heterocycles. The molecular formula is C14H23N3O2S. The van der Waals surface area contributed by atoms with Crippen molar-refractivity contribution in [2.75, 3.05) is 18.5 Å². The lowest BCUT2D eigenvalue weighted by Crippen LogP contribution is -2.32. The molecule has 1 aromatic carbocycles.